The summed E-state index contributed by atoms with van der Waals surface area (Å²) >= 11 is 0. The van der Waals surface area contributed by atoms with Crippen molar-refractivity contribution in [3.05, 3.63) is 12.4 Å². The molecule has 1 atom stereocenters. The fourth-order valence-electron chi connectivity index (χ4n) is 1.36. The van der Waals surface area contributed by atoms with Gasteiger partial charge in [0.05, 0.1) is 32.2 Å². The van der Waals surface area contributed by atoms with Crippen LogP contribution in [0, 0.1) is 0 Å². The van der Waals surface area contributed by atoms with Crippen LogP contribution in [0.25, 0.3) is 0 Å². The van der Waals surface area contributed by atoms with Crippen LogP contribution in [-0.2, 0) is 4.74 Å². The molecule has 0 amide bonds. The highest BCUT2D eigenvalue weighted by Crippen LogP contribution is 2.19. The molecule has 4 nitrogen and oxygen atoms in total. The smallest absolute Gasteiger partial charge is 0.156 e. The molecule has 1 fully saturated rings. The Morgan fingerprint density at radius 2 is 2.67 bits per heavy atom. The van der Waals surface area contributed by atoms with Crippen LogP contribution in [0.2, 0.25) is 0 Å². The van der Waals surface area contributed by atoms with Gasteiger partial charge in [0.2, 0.25) is 0 Å². The number of nitrogens with zero attached hydrogens (tertiary/aromatic N) is 2. The van der Waals surface area contributed by atoms with E-state index in [0.29, 0.717) is 6.04 Å². The summed E-state index contributed by atoms with van der Waals surface area (Å²) in [6.45, 7) is 1.61. The first-order chi connectivity index (χ1) is 5.90. The van der Waals surface area contributed by atoms with Gasteiger partial charge in [0.15, 0.2) is 5.75 Å². The fourth-order valence-corrected chi connectivity index (χ4v) is 1.36. The molecule has 1 aliphatic heterocycles. The maximum Gasteiger partial charge on any atom is 0.156 e. The molecule has 0 saturated carbocycles. The molecule has 0 aromatic carbocycles. The van der Waals surface area contributed by atoms with E-state index in [4.69, 9.17) is 9.47 Å². The molecule has 1 saturated heterocycles. The largest absolute Gasteiger partial charge is 0.493 e. The molecule has 1 aliphatic rings. The second-order valence-corrected chi connectivity index (χ2v) is 2.88. The lowest BCUT2D eigenvalue weighted by Gasteiger charge is -2.06. The van der Waals surface area contributed by atoms with Crippen LogP contribution >= 0.6 is 0 Å². The van der Waals surface area contributed by atoms with Crippen LogP contribution in [0.3, 0.4) is 0 Å². The summed E-state index contributed by atoms with van der Waals surface area (Å²) in [4.78, 5) is 0. The first-order valence-corrected chi connectivity index (χ1v) is 4.06. The number of hydrogen-bond acceptors (Lipinski definition) is 3. The third kappa shape index (κ3) is 1.30. The normalized spacial score (nSPS) is 22.9. The van der Waals surface area contributed by atoms with Crippen molar-refractivity contribution in [2.75, 3.05) is 20.3 Å². The molecule has 4 heteroatoms. The Morgan fingerprint density at radius 1 is 1.75 bits per heavy atom. The van der Waals surface area contributed by atoms with Crippen LogP contribution in [0.5, 0.6) is 5.75 Å². The molecule has 0 bridgehead atoms. The monoisotopic (exact) mass is 168 g/mol. The van der Waals surface area contributed by atoms with Gasteiger partial charge in [-0.15, -0.1) is 0 Å². The molecule has 1 aromatic heterocycles. The molecule has 12 heavy (non-hydrogen) atoms. The molecule has 2 rings (SSSR count). The average molecular weight is 168 g/mol. The van der Waals surface area contributed by atoms with Gasteiger partial charge in [-0.1, -0.05) is 0 Å². The van der Waals surface area contributed by atoms with Crippen molar-refractivity contribution in [2.45, 2.75) is 12.5 Å². The average Bonchev–Trinajstić information content (AvgIpc) is 2.75. The van der Waals surface area contributed by atoms with Gasteiger partial charge < -0.3 is 9.47 Å². The van der Waals surface area contributed by atoms with Gasteiger partial charge in [-0.3, -0.25) is 4.68 Å². The van der Waals surface area contributed by atoms with Gasteiger partial charge in [0.1, 0.15) is 0 Å². The van der Waals surface area contributed by atoms with Gasteiger partial charge in [-0.2, -0.15) is 5.10 Å². The lowest BCUT2D eigenvalue weighted by molar-refractivity contribution is 0.184. The quantitative estimate of drug-likeness (QED) is 0.657. The van der Waals surface area contributed by atoms with Gasteiger partial charge in [-0.05, 0) is 6.42 Å². The topological polar surface area (TPSA) is 36.3 Å². The maximum atomic E-state index is 5.25. The van der Waals surface area contributed by atoms with Crippen LogP contribution in [0.1, 0.15) is 12.5 Å². The Bertz CT molecular complexity index is 253. The molecule has 0 radical (unpaired) electrons. The molecular formula is C8H12N2O2. The lowest BCUT2D eigenvalue weighted by atomic mass is 10.3. The zero-order valence-corrected chi connectivity index (χ0v) is 7.06. The summed E-state index contributed by atoms with van der Waals surface area (Å²) in [6, 6.07) is 0.397. The van der Waals surface area contributed by atoms with Crippen LogP contribution < -0.4 is 4.74 Å². The first kappa shape index (κ1) is 7.61. The number of ether oxygens (including phenoxy) is 2. The van der Waals surface area contributed by atoms with Crippen LogP contribution in [-0.4, -0.2) is 30.1 Å². The lowest BCUT2D eigenvalue weighted by Crippen LogP contribution is -2.08. The maximum absolute atomic E-state index is 5.25. The van der Waals surface area contributed by atoms with Gasteiger partial charge in [-0.25, -0.2) is 0 Å². The Labute approximate surface area is 71.1 Å². The van der Waals surface area contributed by atoms with Gasteiger partial charge in [0, 0.05) is 6.61 Å². The Morgan fingerprint density at radius 3 is 3.25 bits per heavy atom. The van der Waals surface area contributed by atoms with E-state index in [1.165, 1.54) is 0 Å². The first-order valence-electron chi connectivity index (χ1n) is 4.06. The van der Waals surface area contributed by atoms with Crippen molar-refractivity contribution in [1.82, 2.24) is 9.78 Å². The minimum Gasteiger partial charge on any atom is -0.493 e. The third-order valence-electron chi connectivity index (χ3n) is 2.09. The van der Waals surface area contributed by atoms with Crippen molar-refractivity contribution < 1.29 is 9.47 Å². The minimum absolute atomic E-state index is 0.397. The summed E-state index contributed by atoms with van der Waals surface area (Å²) in [6.07, 6.45) is 4.67. The Balaban J connectivity index is 2.11. The van der Waals surface area contributed by atoms with Crippen molar-refractivity contribution >= 4 is 0 Å². The molecule has 0 aliphatic carbocycles. The predicted molar refractivity (Wildman–Crippen MR) is 43.3 cm³/mol. The van der Waals surface area contributed by atoms with Crippen molar-refractivity contribution in [3.8, 4) is 5.75 Å². The number of methoxy groups -OCH3 is 1. The molecular weight excluding hydrogens is 156 g/mol. The second-order valence-electron chi connectivity index (χ2n) is 2.88. The van der Waals surface area contributed by atoms with E-state index in [0.717, 1.165) is 25.4 Å². The molecule has 1 unspecified atom stereocenters. The standard InChI is InChI=1S/C8H12N2O2/c1-11-8-4-9-10(5-8)7-2-3-12-6-7/h4-5,7H,2-3,6H2,1H3. The van der Waals surface area contributed by atoms with E-state index in [1.54, 1.807) is 13.3 Å². The summed E-state index contributed by atoms with van der Waals surface area (Å²) in [5, 5.41) is 4.18. The van der Waals surface area contributed by atoms with E-state index < -0.39 is 0 Å². The molecule has 66 valence electrons. The minimum atomic E-state index is 0.397. The third-order valence-corrected chi connectivity index (χ3v) is 2.09. The highest BCUT2D eigenvalue weighted by Gasteiger charge is 2.18. The Kier molecular flexibility index (Phi) is 1.99. The SMILES string of the molecule is COc1cnn(C2CCOC2)c1. The zero-order valence-electron chi connectivity index (χ0n) is 7.06. The van der Waals surface area contributed by atoms with Crippen molar-refractivity contribution in [3.63, 3.8) is 0 Å². The Hall–Kier alpha value is -1.03. The zero-order chi connectivity index (χ0) is 8.39. The van der Waals surface area contributed by atoms with E-state index in [9.17, 15) is 0 Å². The highest BCUT2D eigenvalue weighted by molar-refractivity contribution is 5.11. The summed E-state index contributed by atoms with van der Waals surface area (Å²) < 4.78 is 12.2. The second kappa shape index (κ2) is 3.15. The predicted octanol–water partition coefficient (Wildman–Crippen LogP) is 0.853. The molecule has 0 spiro atoms. The van der Waals surface area contributed by atoms with E-state index in [-0.39, 0.29) is 0 Å². The fraction of sp³-hybridized carbons (Fsp3) is 0.625. The van der Waals surface area contributed by atoms with Gasteiger partial charge in [0.25, 0.3) is 0 Å². The van der Waals surface area contributed by atoms with Crippen molar-refractivity contribution in [1.29, 1.82) is 0 Å². The van der Waals surface area contributed by atoms with E-state index in [1.807, 2.05) is 10.9 Å². The van der Waals surface area contributed by atoms with Crippen LogP contribution in [0.15, 0.2) is 12.4 Å². The number of aromatic nitrogens is 2. The molecule has 0 N–H and O–H groups in total. The molecule has 1 aromatic rings. The van der Waals surface area contributed by atoms with E-state index >= 15 is 0 Å². The van der Waals surface area contributed by atoms with E-state index in [2.05, 4.69) is 5.10 Å². The number of rotatable bonds is 2. The summed E-state index contributed by atoms with van der Waals surface area (Å²) in [5.41, 5.74) is 0. The summed E-state index contributed by atoms with van der Waals surface area (Å²) in [5.74, 6) is 0.807. The summed E-state index contributed by atoms with van der Waals surface area (Å²) in [7, 11) is 1.65. The molecule has 2 heterocycles. The van der Waals surface area contributed by atoms with Crippen molar-refractivity contribution in [2.24, 2.45) is 0 Å². The highest BCUT2D eigenvalue weighted by atomic mass is 16.5. The van der Waals surface area contributed by atoms with Gasteiger partial charge >= 0.3 is 0 Å². The van der Waals surface area contributed by atoms with Crippen LogP contribution in [0.4, 0.5) is 0 Å². The number of hydrogen-bond donors (Lipinski definition) is 0.